The molecule has 5 nitrogen and oxygen atoms in total. The normalized spacial score (nSPS) is 11.1. The van der Waals surface area contributed by atoms with Gasteiger partial charge in [-0.05, 0) is 60.9 Å². The highest BCUT2D eigenvalue weighted by atomic mass is 35.5. The molecule has 0 spiro atoms. The number of rotatable bonds is 8. The summed E-state index contributed by atoms with van der Waals surface area (Å²) in [7, 11) is 0. The molecule has 2 aromatic rings. The Labute approximate surface area is 180 Å². The number of nitriles is 1. The number of hydrogen-bond acceptors (Lipinski definition) is 4. The SMILES string of the molecule is CCOc1ccc(NC(=O)/C(C#N)=C/c2cc(Cl)c(OCC(C)C)c(Cl)c2)cc1. The van der Waals surface area contributed by atoms with Gasteiger partial charge in [0.15, 0.2) is 5.75 Å². The summed E-state index contributed by atoms with van der Waals surface area (Å²) in [4.78, 5) is 12.4. The number of nitrogens with zero attached hydrogens (tertiary/aromatic N) is 1. The van der Waals surface area contributed by atoms with Crippen LogP contribution < -0.4 is 14.8 Å². The first-order valence-corrected chi connectivity index (χ1v) is 9.87. The molecule has 0 atom stereocenters. The predicted octanol–water partition coefficient (Wildman–Crippen LogP) is 5.97. The fourth-order valence-electron chi connectivity index (χ4n) is 2.37. The highest BCUT2D eigenvalue weighted by Crippen LogP contribution is 2.35. The number of halogens is 2. The summed E-state index contributed by atoms with van der Waals surface area (Å²) in [5.41, 5.74) is 0.991. The van der Waals surface area contributed by atoms with Crippen LogP contribution in [0.5, 0.6) is 11.5 Å². The van der Waals surface area contributed by atoms with Crippen molar-refractivity contribution in [3.63, 3.8) is 0 Å². The first kappa shape index (κ1) is 22.6. The lowest BCUT2D eigenvalue weighted by atomic mass is 10.1. The van der Waals surface area contributed by atoms with Gasteiger partial charge in [0.05, 0.1) is 23.3 Å². The Balaban J connectivity index is 2.18. The molecular formula is C22H22Cl2N2O3. The Kier molecular flexibility index (Phi) is 8.38. The van der Waals surface area contributed by atoms with Gasteiger partial charge in [-0.15, -0.1) is 0 Å². The van der Waals surface area contributed by atoms with Gasteiger partial charge in [-0.3, -0.25) is 4.79 Å². The number of ether oxygens (including phenoxy) is 2. The van der Waals surface area contributed by atoms with Crippen LogP contribution in [0, 0.1) is 17.2 Å². The molecule has 0 aliphatic carbocycles. The number of nitrogens with one attached hydrogen (secondary N) is 1. The van der Waals surface area contributed by atoms with Crippen molar-refractivity contribution in [1.29, 1.82) is 5.26 Å². The number of carbonyl (C=O) groups is 1. The molecule has 0 bridgehead atoms. The minimum absolute atomic E-state index is 0.0816. The van der Waals surface area contributed by atoms with Crippen molar-refractivity contribution < 1.29 is 14.3 Å². The van der Waals surface area contributed by atoms with E-state index in [4.69, 9.17) is 32.7 Å². The molecule has 2 rings (SSSR count). The number of benzene rings is 2. The highest BCUT2D eigenvalue weighted by molar-refractivity contribution is 6.37. The first-order valence-electron chi connectivity index (χ1n) is 9.11. The molecule has 7 heteroatoms. The average molecular weight is 433 g/mol. The van der Waals surface area contributed by atoms with Gasteiger partial charge in [-0.1, -0.05) is 37.0 Å². The standard InChI is InChI=1S/C22H22Cl2N2O3/c1-4-28-18-7-5-17(6-8-18)26-22(27)16(12-25)9-15-10-19(23)21(20(24)11-15)29-13-14(2)3/h5-11,14H,4,13H2,1-3H3,(H,26,27)/b16-9+. The number of amides is 1. The molecule has 0 aromatic heterocycles. The van der Waals surface area contributed by atoms with E-state index in [-0.39, 0.29) is 5.57 Å². The summed E-state index contributed by atoms with van der Waals surface area (Å²) < 4.78 is 11.0. The van der Waals surface area contributed by atoms with Crippen molar-refractivity contribution >= 4 is 40.9 Å². The van der Waals surface area contributed by atoms with Crippen LogP contribution >= 0.6 is 23.2 Å². The maximum Gasteiger partial charge on any atom is 0.266 e. The van der Waals surface area contributed by atoms with Gasteiger partial charge in [-0.2, -0.15) is 5.26 Å². The van der Waals surface area contributed by atoms with Crippen molar-refractivity contribution in [3.8, 4) is 17.6 Å². The molecule has 0 heterocycles. The van der Waals surface area contributed by atoms with Gasteiger partial charge in [0.2, 0.25) is 0 Å². The molecule has 0 saturated heterocycles. The second kappa shape index (κ2) is 10.8. The largest absolute Gasteiger partial charge is 0.494 e. The van der Waals surface area contributed by atoms with Crippen LogP contribution in [0.2, 0.25) is 10.0 Å². The topological polar surface area (TPSA) is 71.3 Å². The van der Waals surface area contributed by atoms with Crippen LogP contribution in [0.4, 0.5) is 5.69 Å². The summed E-state index contributed by atoms with van der Waals surface area (Å²) in [6.45, 7) is 6.95. The third-order valence-electron chi connectivity index (χ3n) is 3.68. The van der Waals surface area contributed by atoms with E-state index in [0.717, 1.165) is 0 Å². The quantitative estimate of drug-likeness (QED) is 0.411. The van der Waals surface area contributed by atoms with E-state index >= 15 is 0 Å². The Morgan fingerprint density at radius 2 is 1.79 bits per heavy atom. The van der Waals surface area contributed by atoms with Crippen LogP contribution in [-0.4, -0.2) is 19.1 Å². The molecule has 29 heavy (non-hydrogen) atoms. The summed E-state index contributed by atoms with van der Waals surface area (Å²) >= 11 is 12.5. The lowest BCUT2D eigenvalue weighted by Gasteiger charge is -2.12. The number of anilines is 1. The minimum Gasteiger partial charge on any atom is -0.494 e. The van der Waals surface area contributed by atoms with Crippen LogP contribution in [-0.2, 0) is 4.79 Å². The van der Waals surface area contributed by atoms with E-state index in [0.29, 0.717) is 51.9 Å². The van der Waals surface area contributed by atoms with Crippen LogP contribution in [0.25, 0.3) is 6.08 Å². The van der Waals surface area contributed by atoms with E-state index in [2.05, 4.69) is 5.32 Å². The molecule has 0 unspecified atom stereocenters. The molecule has 0 fully saturated rings. The summed E-state index contributed by atoms with van der Waals surface area (Å²) in [5.74, 6) is 0.865. The van der Waals surface area contributed by atoms with Gasteiger partial charge in [0, 0.05) is 5.69 Å². The molecule has 2 aromatic carbocycles. The number of hydrogen-bond donors (Lipinski definition) is 1. The summed E-state index contributed by atoms with van der Waals surface area (Å²) in [5, 5.41) is 12.7. The summed E-state index contributed by atoms with van der Waals surface area (Å²) in [6.07, 6.45) is 1.42. The van der Waals surface area contributed by atoms with Crippen LogP contribution in [0.15, 0.2) is 42.0 Å². The van der Waals surface area contributed by atoms with E-state index in [1.807, 2.05) is 26.8 Å². The zero-order valence-electron chi connectivity index (χ0n) is 16.5. The van der Waals surface area contributed by atoms with E-state index in [9.17, 15) is 10.1 Å². The van der Waals surface area contributed by atoms with Crippen molar-refractivity contribution in [2.75, 3.05) is 18.5 Å². The van der Waals surface area contributed by atoms with Crippen molar-refractivity contribution in [1.82, 2.24) is 0 Å². The lowest BCUT2D eigenvalue weighted by Crippen LogP contribution is -2.13. The average Bonchev–Trinajstić information content (AvgIpc) is 2.67. The van der Waals surface area contributed by atoms with Crippen molar-refractivity contribution in [2.45, 2.75) is 20.8 Å². The molecule has 152 valence electrons. The van der Waals surface area contributed by atoms with Gasteiger partial charge in [-0.25, -0.2) is 0 Å². The number of carbonyl (C=O) groups excluding carboxylic acids is 1. The van der Waals surface area contributed by atoms with E-state index < -0.39 is 5.91 Å². The molecule has 0 aliphatic heterocycles. The molecule has 0 saturated carbocycles. The van der Waals surface area contributed by atoms with Gasteiger partial charge in [0.1, 0.15) is 17.4 Å². The van der Waals surface area contributed by atoms with Gasteiger partial charge in [0.25, 0.3) is 5.91 Å². The Morgan fingerprint density at radius 3 is 2.31 bits per heavy atom. The maximum atomic E-state index is 12.4. The Bertz CT molecular complexity index is 909. The zero-order chi connectivity index (χ0) is 21.4. The maximum absolute atomic E-state index is 12.4. The highest BCUT2D eigenvalue weighted by Gasteiger charge is 2.13. The van der Waals surface area contributed by atoms with Crippen molar-refractivity contribution in [3.05, 3.63) is 57.6 Å². The van der Waals surface area contributed by atoms with Crippen LogP contribution in [0.3, 0.4) is 0 Å². The Morgan fingerprint density at radius 1 is 1.17 bits per heavy atom. The third kappa shape index (κ3) is 6.70. The molecule has 0 radical (unpaired) electrons. The monoisotopic (exact) mass is 432 g/mol. The van der Waals surface area contributed by atoms with Crippen molar-refractivity contribution in [2.24, 2.45) is 5.92 Å². The first-order chi connectivity index (χ1) is 13.8. The fraction of sp³-hybridized carbons (Fsp3) is 0.273. The Hall–Kier alpha value is -2.68. The second-order valence-corrected chi connectivity index (χ2v) is 7.41. The van der Waals surface area contributed by atoms with E-state index in [1.54, 1.807) is 36.4 Å². The summed E-state index contributed by atoms with van der Waals surface area (Å²) in [6, 6.07) is 12.0. The lowest BCUT2D eigenvalue weighted by molar-refractivity contribution is -0.112. The smallest absolute Gasteiger partial charge is 0.266 e. The van der Waals surface area contributed by atoms with Crippen LogP contribution in [0.1, 0.15) is 26.3 Å². The fourth-order valence-corrected chi connectivity index (χ4v) is 2.98. The van der Waals surface area contributed by atoms with Gasteiger partial charge >= 0.3 is 0 Å². The van der Waals surface area contributed by atoms with Gasteiger partial charge < -0.3 is 14.8 Å². The molecule has 1 amide bonds. The molecule has 1 N–H and O–H groups in total. The predicted molar refractivity (Wildman–Crippen MR) is 117 cm³/mol. The molecular weight excluding hydrogens is 411 g/mol. The third-order valence-corrected chi connectivity index (χ3v) is 4.24. The second-order valence-electron chi connectivity index (χ2n) is 6.60. The zero-order valence-corrected chi connectivity index (χ0v) is 18.0. The minimum atomic E-state index is -0.538. The molecule has 0 aliphatic rings. The van der Waals surface area contributed by atoms with E-state index in [1.165, 1.54) is 6.08 Å².